The van der Waals surface area contributed by atoms with Crippen LogP contribution in [-0.4, -0.2) is 0 Å². The smallest absolute Gasteiger partial charge is 0.00201 e. The van der Waals surface area contributed by atoms with Crippen molar-refractivity contribution in [2.45, 2.75) is 0 Å². The van der Waals surface area contributed by atoms with E-state index in [1.165, 1.54) is 197 Å². The van der Waals surface area contributed by atoms with Crippen LogP contribution in [0.3, 0.4) is 0 Å². The third-order valence-corrected chi connectivity index (χ3v) is 21.3. The molecule has 0 saturated heterocycles. The Morgan fingerprint density at radius 1 is 0.0962 bits per heavy atom. The summed E-state index contributed by atoms with van der Waals surface area (Å²) in [5.74, 6) is 0. The minimum Gasteiger partial charge on any atom is -0.0622 e. The molecule has 0 heteroatoms. The summed E-state index contributed by atoms with van der Waals surface area (Å²) < 4.78 is 0. The van der Waals surface area contributed by atoms with E-state index >= 15 is 0 Å². The van der Waals surface area contributed by atoms with Gasteiger partial charge >= 0.3 is 0 Å². The Morgan fingerprint density at radius 2 is 0.356 bits per heavy atom. The van der Waals surface area contributed by atoms with Gasteiger partial charge in [-0.15, -0.1) is 0 Å². The minimum absolute atomic E-state index is 1.21. The summed E-state index contributed by atoms with van der Waals surface area (Å²) in [5.41, 5.74) is 24.8. The lowest BCUT2D eigenvalue weighted by Gasteiger charge is -2.19. The number of hydrogen-bond acceptors (Lipinski definition) is 0. The standard InChI is InChI=1S/2C52H34/c1-3-15-37(16-4-1)43-26-14-27-44(38-17-5-2-6-18-38)50(43)39-31-29-35-30-32-40(34-41(35)33-39)51-46-22-9-11-24-48(46)52(49-25-12-10-23-47(49)51)45-28-13-20-36-19-7-8-21-42(36)45;1-3-14-36(15-4-1)44-31-30-40(34-50(44)38-16-5-2-6-17-38)39-28-26-35-27-29-41(33-42(35)32-39)51-46-21-9-11-23-48(46)52(49-24-12-10-22-47(49)51)45-25-13-19-37-18-7-8-20-43(37)45/h2*1-34H. The van der Waals surface area contributed by atoms with Crippen molar-refractivity contribution in [2.75, 3.05) is 0 Å². The monoisotopic (exact) mass is 1320 g/mol. The van der Waals surface area contributed by atoms with Crippen LogP contribution in [0.5, 0.6) is 0 Å². The van der Waals surface area contributed by atoms with Crippen LogP contribution >= 0.6 is 0 Å². The Hall–Kier alpha value is -13.5. The third kappa shape index (κ3) is 11.1. The number of benzene rings is 20. The first-order valence-corrected chi connectivity index (χ1v) is 36.0. The first-order valence-electron chi connectivity index (χ1n) is 36.0. The molecule has 484 valence electrons. The molecule has 0 radical (unpaired) electrons. The summed E-state index contributed by atoms with van der Waals surface area (Å²) in [6.45, 7) is 0. The van der Waals surface area contributed by atoms with E-state index in [9.17, 15) is 0 Å². The molecule has 0 aromatic heterocycles. The molecule has 20 aromatic carbocycles. The molecule has 0 spiro atoms. The van der Waals surface area contributed by atoms with Crippen LogP contribution in [0.25, 0.3) is 197 Å². The van der Waals surface area contributed by atoms with Crippen molar-refractivity contribution in [1.29, 1.82) is 0 Å². The second-order valence-corrected chi connectivity index (χ2v) is 27.2. The second-order valence-electron chi connectivity index (χ2n) is 27.2. The highest BCUT2D eigenvalue weighted by molar-refractivity contribution is 6.26. The summed E-state index contributed by atoms with van der Waals surface area (Å²) in [7, 11) is 0. The second kappa shape index (κ2) is 26.5. The van der Waals surface area contributed by atoms with E-state index in [-0.39, 0.29) is 0 Å². The largest absolute Gasteiger partial charge is 0.0622 e. The van der Waals surface area contributed by atoms with Crippen molar-refractivity contribution in [1.82, 2.24) is 0 Å². The van der Waals surface area contributed by atoms with Crippen molar-refractivity contribution in [3.63, 3.8) is 0 Å². The highest BCUT2D eigenvalue weighted by atomic mass is 14.3. The summed E-state index contributed by atoms with van der Waals surface area (Å²) in [6, 6.07) is 151. The molecule has 0 heterocycles. The molecule has 0 aliphatic carbocycles. The Bertz CT molecular complexity index is 6500. The van der Waals surface area contributed by atoms with Crippen molar-refractivity contribution in [3.8, 4) is 111 Å². The van der Waals surface area contributed by atoms with E-state index in [1.54, 1.807) is 0 Å². The molecule has 0 nitrogen and oxygen atoms in total. The molecule has 0 atom stereocenters. The van der Waals surface area contributed by atoms with Gasteiger partial charge < -0.3 is 0 Å². The molecule has 0 N–H and O–H groups in total. The number of rotatable bonds is 10. The molecule has 0 saturated carbocycles. The molecule has 0 bridgehead atoms. The molecule has 0 fully saturated rings. The van der Waals surface area contributed by atoms with Gasteiger partial charge in [0.15, 0.2) is 0 Å². The summed E-state index contributed by atoms with van der Waals surface area (Å²) in [5, 5.41) is 20.1. The zero-order valence-corrected chi connectivity index (χ0v) is 57.3. The Morgan fingerprint density at radius 3 is 0.750 bits per heavy atom. The third-order valence-electron chi connectivity index (χ3n) is 21.3. The summed E-state index contributed by atoms with van der Waals surface area (Å²) in [4.78, 5) is 0. The molecule has 0 unspecified atom stereocenters. The molecular formula is C104H68. The van der Waals surface area contributed by atoms with Gasteiger partial charge in [-0.05, 0) is 228 Å². The van der Waals surface area contributed by atoms with Gasteiger partial charge in [0.25, 0.3) is 0 Å². The van der Waals surface area contributed by atoms with Gasteiger partial charge in [-0.2, -0.15) is 0 Å². The molecule has 20 rings (SSSR count). The van der Waals surface area contributed by atoms with E-state index in [0.717, 1.165) is 0 Å². The fourth-order valence-corrected chi connectivity index (χ4v) is 16.5. The van der Waals surface area contributed by atoms with E-state index in [4.69, 9.17) is 0 Å². The Kier molecular flexibility index (Phi) is 15.7. The molecule has 0 aliphatic heterocycles. The van der Waals surface area contributed by atoms with Crippen LogP contribution in [0.2, 0.25) is 0 Å². The van der Waals surface area contributed by atoms with Gasteiger partial charge in [-0.1, -0.05) is 382 Å². The van der Waals surface area contributed by atoms with E-state index in [0.29, 0.717) is 0 Å². The first-order chi connectivity index (χ1) is 51.6. The SMILES string of the molecule is c1ccc(-c2ccc(-c3ccc4ccc(-c5c6ccccc6c(-c6cccc7ccccc67)c6ccccc56)cc4c3)cc2-c2ccccc2)cc1.c1ccc(-c2cccc(-c3ccccc3)c2-c2ccc3ccc(-c4c5ccccc5c(-c5cccc6ccccc56)c5ccccc45)cc3c2)cc1. The minimum atomic E-state index is 1.21. The molecule has 0 amide bonds. The molecule has 20 aromatic rings. The van der Waals surface area contributed by atoms with E-state index < -0.39 is 0 Å². The highest BCUT2D eigenvalue weighted by Crippen LogP contribution is 2.50. The van der Waals surface area contributed by atoms with Crippen molar-refractivity contribution in [3.05, 3.63) is 413 Å². The quantitative estimate of drug-likeness (QED) is 0.120. The normalized spacial score (nSPS) is 11.5. The lowest BCUT2D eigenvalue weighted by molar-refractivity contribution is 1.57. The summed E-state index contributed by atoms with van der Waals surface area (Å²) in [6.07, 6.45) is 0. The van der Waals surface area contributed by atoms with Gasteiger partial charge in [0, 0.05) is 0 Å². The predicted octanol–water partition coefficient (Wildman–Crippen LogP) is 29.3. The maximum absolute atomic E-state index is 2.40. The van der Waals surface area contributed by atoms with E-state index in [1.807, 2.05) is 0 Å². The average Bonchev–Trinajstić information content (AvgIpc) is 0.712. The van der Waals surface area contributed by atoms with Gasteiger partial charge in [0.2, 0.25) is 0 Å². The van der Waals surface area contributed by atoms with Crippen LogP contribution in [0.15, 0.2) is 413 Å². The summed E-state index contributed by atoms with van der Waals surface area (Å²) >= 11 is 0. The van der Waals surface area contributed by atoms with E-state index in [2.05, 4.69) is 413 Å². The average molecular weight is 1320 g/mol. The van der Waals surface area contributed by atoms with Crippen LogP contribution in [0, 0.1) is 0 Å². The topological polar surface area (TPSA) is 0 Å². The van der Waals surface area contributed by atoms with Crippen LogP contribution in [0.4, 0.5) is 0 Å². The van der Waals surface area contributed by atoms with Crippen LogP contribution in [-0.2, 0) is 0 Å². The Labute approximate surface area is 606 Å². The van der Waals surface area contributed by atoms with Gasteiger partial charge in [-0.3, -0.25) is 0 Å². The molecule has 104 heavy (non-hydrogen) atoms. The fourth-order valence-electron chi connectivity index (χ4n) is 16.5. The zero-order valence-electron chi connectivity index (χ0n) is 57.3. The lowest BCUT2D eigenvalue weighted by Crippen LogP contribution is -1.92. The van der Waals surface area contributed by atoms with Crippen LogP contribution < -0.4 is 0 Å². The zero-order chi connectivity index (χ0) is 68.9. The highest BCUT2D eigenvalue weighted by Gasteiger charge is 2.22. The van der Waals surface area contributed by atoms with Crippen molar-refractivity contribution in [2.24, 2.45) is 0 Å². The maximum atomic E-state index is 2.40. The molecule has 0 aliphatic rings. The first kappa shape index (κ1) is 61.6. The van der Waals surface area contributed by atoms with Crippen LogP contribution in [0.1, 0.15) is 0 Å². The fraction of sp³-hybridized carbons (Fsp3) is 0. The van der Waals surface area contributed by atoms with Crippen molar-refractivity contribution < 1.29 is 0 Å². The van der Waals surface area contributed by atoms with Gasteiger partial charge in [-0.25, -0.2) is 0 Å². The maximum Gasteiger partial charge on any atom is -0.00201 e. The molecular weight excluding hydrogens is 1250 g/mol. The Balaban J connectivity index is 0.000000143. The lowest BCUT2D eigenvalue weighted by atomic mass is 9.84. The van der Waals surface area contributed by atoms with Gasteiger partial charge in [0.05, 0.1) is 0 Å². The number of hydrogen-bond donors (Lipinski definition) is 0. The van der Waals surface area contributed by atoms with Crippen molar-refractivity contribution >= 4 is 86.2 Å². The number of fused-ring (bicyclic) bond motifs is 8. The predicted molar refractivity (Wildman–Crippen MR) is 447 cm³/mol. The van der Waals surface area contributed by atoms with Gasteiger partial charge in [0.1, 0.15) is 0 Å².